The molecule has 5 nitrogen and oxygen atoms in total. The highest BCUT2D eigenvalue weighted by molar-refractivity contribution is 6.35. The molecule has 0 saturated heterocycles. The van der Waals surface area contributed by atoms with E-state index in [-0.39, 0.29) is 0 Å². The molecule has 1 aliphatic heterocycles. The SMILES string of the molecule is CCN1C(=O)C(C)(C(=O)Nc2cc(Cl)cc(Cl)c2)Oc2ccccc21. The average molecular weight is 379 g/mol. The van der Waals surface area contributed by atoms with Gasteiger partial charge in [-0.05, 0) is 44.2 Å². The van der Waals surface area contributed by atoms with Crippen LogP contribution in [0.15, 0.2) is 42.5 Å². The van der Waals surface area contributed by atoms with Gasteiger partial charge in [-0.15, -0.1) is 0 Å². The monoisotopic (exact) mass is 378 g/mol. The second-order valence-electron chi connectivity index (χ2n) is 5.76. The van der Waals surface area contributed by atoms with Crippen LogP contribution in [0, 0.1) is 0 Å². The van der Waals surface area contributed by atoms with Crippen LogP contribution in [0.25, 0.3) is 0 Å². The summed E-state index contributed by atoms with van der Waals surface area (Å²) in [6.07, 6.45) is 0. The van der Waals surface area contributed by atoms with Crippen molar-refractivity contribution >= 4 is 46.4 Å². The van der Waals surface area contributed by atoms with Gasteiger partial charge in [0, 0.05) is 22.3 Å². The van der Waals surface area contributed by atoms with Gasteiger partial charge in [-0.1, -0.05) is 35.3 Å². The van der Waals surface area contributed by atoms with Crippen LogP contribution in [0.5, 0.6) is 5.75 Å². The summed E-state index contributed by atoms with van der Waals surface area (Å²) >= 11 is 11.9. The van der Waals surface area contributed by atoms with E-state index in [4.69, 9.17) is 27.9 Å². The van der Waals surface area contributed by atoms with Crippen LogP contribution in [0.3, 0.4) is 0 Å². The lowest BCUT2D eigenvalue weighted by Crippen LogP contribution is -2.60. The van der Waals surface area contributed by atoms with Gasteiger partial charge in [0.25, 0.3) is 17.4 Å². The maximum atomic E-state index is 12.9. The first-order valence-corrected chi connectivity index (χ1v) is 8.48. The van der Waals surface area contributed by atoms with Gasteiger partial charge in [0.15, 0.2) is 0 Å². The van der Waals surface area contributed by atoms with Crippen LogP contribution in [0.2, 0.25) is 10.0 Å². The molecular weight excluding hydrogens is 363 g/mol. The van der Waals surface area contributed by atoms with Crippen molar-refractivity contribution < 1.29 is 14.3 Å². The molecule has 130 valence electrons. The molecule has 0 saturated carbocycles. The van der Waals surface area contributed by atoms with E-state index in [0.29, 0.717) is 33.7 Å². The number of rotatable bonds is 3. The van der Waals surface area contributed by atoms with Crippen LogP contribution in [-0.4, -0.2) is 24.0 Å². The van der Waals surface area contributed by atoms with E-state index >= 15 is 0 Å². The summed E-state index contributed by atoms with van der Waals surface area (Å²) in [5.41, 5.74) is -0.660. The molecule has 0 fully saturated rings. The van der Waals surface area contributed by atoms with Crippen LogP contribution in [-0.2, 0) is 9.59 Å². The van der Waals surface area contributed by atoms with Crippen LogP contribution >= 0.6 is 23.2 Å². The minimum absolute atomic E-state index is 0.379. The standard InChI is InChI=1S/C18H16Cl2N2O3/c1-3-22-14-6-4-5-7-15(14)25-18(2,17(22)24)16(23)21-13-9-11(19)8-12(20)10-13/h4-10H,3H2,1-2H3,(H,21,23). The summed E-state index contributed by atoms with van der Waals surface area (Å²) in [5, 5.41) is 3.42. The number of carbonyl (C=O) groups excluding carboxylic acids is 2. The highest BCUT2D eigenvalue weighted by Crippen LogP contribution is 2.38. The number of hydrogen-bond donors (Lipinski definition) is 1. The van der Waals surface area contributed by atoms with Crippen molar-refractivity contribution in [2.24, 2.45) is 0 Å². The third-order valence-corrected chi connectivity index (χ3v) is 4.43. The molecule has 0 bridgehead atoms. The number of hydrogen-bond acceptors (Lipinski definition) is 3. The van der Waals surface area contributed by atoms with Gasteiger partial charge >= 0.3 is 0 Å². The van der Waals surface area contributed by atoms with Crippen molar-refractivity contribution in [2.75, 3.05) is 16.8 Å². The quantitative estimate of drug-likeness (QED) is 0.816. The lowest BCUT2D eigenvalue weighted by molar-refractivity contribution is -0.145. The molecule has 0 aromatic heterocycles. The van der Waals surface area contributed by atoms with Crippen LogP contribution < -0.4 is 15.0 Å². The van der Waals surface area contributed by atoms with Crippen molar-refractivity contribution in [1.82, 2.24) is 0 Å². The average Bonchev–Trinajstić information content (AvgIpc) is 2.55. The first-order chi connectivity index (χ1) is 11.8. The maximum absolute atomic E-state index is 12.9. The second-order valence-corrected chi connectivity index (χ2v) is 6.64. The fourth-order valence-electron chi connectivity index (χ4n) is 2.73. The molecule has 1 atom stereocenters. The third kappa shape index (κ3) is 3.17. The molecule has 3 rings (SSSR count). The lowest BCUT2D eigenvalue weighted by atomic mass is 9.99. The van der Waals surface area contributed by atoms with Gasteiger partial charge in [-0.2, -0.15) is 0 Å². The summed E-state index contributed by atoms with van der Waals surface area (Å²) in [4.78, 5) is 27.2. The Morgan fingerprint density at radius 2 is 1.84 bits per heavy atom. The smallest absolute Gasteiger partial charge is 0.280 e. The number of nitrogens with one attached hydrogen (secondary N) is 1. The number of ether oxygens (including phenoxy) is 1. The van der Waals surface area contributed by atoms with E-state index in [0.717, 1.165) is 0 Å². The number of anilines is 2. The second kappa shape index (κ2) is 6.58. The molecule has 2 aromatic rings. The fourth-order valence-corrected chi connectivity index (χ4v) is 3.26. The number of benzene rings is 2. The predicted molar refractivity (Wildman–Crippen MR) is 98.6 cm³/mol. The topological polar surface area (TPSA) is 58.6 Å². The largest absolute Gasteiger partial charge is 0.465 e. The molecule has 0 radical (unpaired) electrons. The van der Waals surface area contributed by atoms with Crippen molar-refractivity contribution in [3.63, 3.8) is 0 Å². The molecule has 25 heavy (non-hydrogen) atoms. The minimum Gasteiger partial charge on any atom is -0.465 e. The summed E-state index contributed by atoms with van der Waals surface area (Å²) in [5.74, 6) is -0.547. The van der Waals surface area contributed by atoms with E-state index < -0.39 is 17.4 Å². The van der Waals surface area contributed by atoms with Crippen molar-refractivity contribution in [3.8, 4) is 5.75 Å². The van der Waals surface area contributed by atoms with Crippen molar-refractivity contribution in [1.29, 1.82) is 0 Å². The van der Waals surface area contributed by atoms with E-state index in [9.17, 15) is 9.59 Å². The number of nitrogens with zero attached hydrogens (tertiary/aromatic N) is 1. The first-order valence-electron chi connectivity index (χ1n) is 7.72. The molecule has 1 unspecified atom stereocenters. The van der Waals surface area contributed by atoms with Crippen molar-refractivity contribution in [2.45, 2.75) is 19.4 Å². The van der Waals surface area contributed by atoms with E-state index in [1.807, 2.05) is 13.0 Å². The lowest BCUT2D eigenvalue weighted by Gasteiger charge is -2.39. The molecular formula is C18H16Cl2N2O3. The number of fused-ring (bicyclic) bond motifs is 1. The third-order valence-electron chi connectivity index (χ3n) is 3.99. The van der Waals surface area contributed by atoms with Crippen LogP contribution in [0.1, 0.15) is 13.8 Å². The molecule has 1 heterocycles. The minimum atomic E-state index is -1.70. The molecule has 2 amide bonds. The zero-order chi connectivity index (χ0) is 18.2. The predicted octanol–water partition coefficient (Wildman–Crippen LogP) is 4.14. The van der Waals surface area contributed by atoms with Gasteiger partial charge in [0.2, 0.25) is 0 Å². The van der Waals surface area contributed by atoms with Gasteiger partial charge in [-0.3, -0.25) is 9.59 Å². The van der Waals surface area contributed by atoms with Crippen molar-refractivity contribution in [3.05, 3.63) is 52.5 Å². The summed E-state index contributed by atoms with van der Waals surface area (Å²) in [7, 11) is 0. The van der Waals surface area contributed by atoms with Gasteiger partial charge < -0.3 is 15.0 Å². The normalized spacial score (nSPS) is 19.2. The Balaban J connectivity index is 1.95. The zero-order valence-electron chi connectivity index (χ0n) is 13.7. The molecule has 2 aromatic carbocycles. The Labute approximate surface area is 155 Å². The summed E-state index contributed by atoms with van der Waals surface area (Å²) < 4.78 is 5.79. The molecule has 7 heteroatoms. The maximum Gasteiger partial charge on any atom is 0.280 e. The van der Waals surface area contributed by atoms with Crippen LogP contribution in [0.4, 0.5) is 11.4 Å². The first kappa shape index (κ1) is 17.6. The molecule has 1 aliphatic rings. The molecule has 0 aliphatic carbocycles. The van der Waals surface area contributed by atoms with E-state index in [1.165, 1.54) is 11.8 Å². The van der Waals surface area contributed by atoms with Gasteiger partial charge in [0.05, 0.1) is 5.69 Å². The fraction of sp³-hybridized carbons (Fsp3) is 0.222. The molecule has 0 spiro atoms. The number of para-hydroxylation sites is 2. The Kier molecular flexibility index (Phi) is 4.62. The molecule has 1 N–H and O–H groups in total. The van der Waals surface area contributed by atoms with E-state index in [2.05, 4.69) is 5.32 Å². The Morgan fingerprint density at radius 1 is 1.20 bits per heavy atom. The van der Waals surface area contributed by atoms with Gasteiger partial charge in [-0.25, -0.2) is 0 Å². The number of halogens is 2. The Bertz CT molecular complexity index is 836. The number of carbonyl (C=O) groups is 2. The Morgan fingerprint density at radius 3 is 2.48 bits per heavy atom. The van der Waals surface area contributed by atoms with Gasteiger partial charge in [0.1, 0.15) is 5.75 Å². The highest BCUT2D eigenvalue weighted by Gasteiger charge is 2.50. The number of amides is 2. The highest BCUT2D eigenvalue weighted by atomic mass is 35.5. The summed E-state index contributed by atoms with van der Waals surface area (Å²) in [6, 6.07) is 11.8. The summed E-state index contributed by atoms with van der Waals surface area (Å²) in [6.45, 7) is 3.72. The zero-order valence-corrected chi connectivity index (χ0v) is 15.2. The van der Waals surface area contributed by atoms with E-state index in [1.54, 1.807) is 36.4 Å². The Hall–Kier alpha value is -2.24. The number of likely N-dealkylation sites (N-methyl/N-ethyl adjacent to an activating group) is 1.